The van der Waals surface area contributed by atoms with Crippen LogP contribution in [-0.2, 0) is 15.3 Å². The van der Waals surface area contributed by atoms with Crippen LogP contribution in [0, 0.1) is 0 Å². The first-order valence-corrected chi connectivity index (χ1v) is 13.5. The highest BCUT2D eigenvalue weighted by molar-refractivity contribution is 8.00. The molecule has 2 aromatic heterocycles. The lowest BCUT2D eigenvalue weighted by molar-refractivity contribution is -0.119. The maximum Gasteiger partial charge on any atom is 0.230 e. The Bertz CT molecular complexity index is 1190. The number of amides is 1. The molecule has 7 nitrogen and oxygen atoms in total. The van der Waals surface area contributed by atoms with Gasteiger partial charge in [0.25, 0.3) is 0 Å². The Hall–Kier alpha value is -2.40. The van der Waals surface area contributed by atoms with E-state index in [1.807, 2.05) is 53.1 Å². The van der Waals surface area contributed by atoms with E-state index in [0.29, 0.717) is 17.5 Å². The van der Waals surface area contributed by atoms with Gasteiger partial charge >= 0.3 is 0 Å². The minimum Gasteiger partial charge on any atom is -0.376 e. The summed E-state index contributed by atoms with van der Waals surface area (Å²) in [6.07, 6.45) is 2.21. The van der Waals surface area contributed by atoms with Crippen LogP contribution < -0.4 is 5.32 Å². The number of fused-ring (bicyclic) bond motifs is 1. The summed E-state index contributed by atoms with van der Waals surface area (Å²) < 4.78 is 9.78. The van der Waals surface area contributed by atoms with Gasteiger partial charge in [0.1, 0.15) is 5.82 Å². The fraction of sp³-hybridized carbons (Fsp3) is 0.304. The first-order valence-electron chi connectivity index (χ1n) is 10.8. The molecule has 1 aliphatic heterocycles. The maximum absolute atomic E-state index is 12.4. The summed E-state index contributed by atoms with van der Waals surface area (Å²) in [5.74, 6) is 1.71. The largest absolute Gasteiger partial charge is 0.376 e. The van der Waals surface area contributed by atoms with Crippen LogP contribution in [-0.4, -0.2) is 50.7 Å². The van der Waals surface area contributed by atoms with Crippen molar-refractivity contribution in [3.63, 3.8) is 0 Å². The van der Waals surface area contributed by atoms with Gasteiger partial charge in [0.2, 0.25) is 5.91 Å². The first-order chi connectivity index (χ1) is 16.3. The van der Waals surface area contributed by atoms with E-state index in [2.05, 4.69) is 21.6 Å². The number of nitrogens with zero attached hydrogens (tertiary/aromatic N) is 4. The number of aromatic nitrogens is 4. The number of thioether (sulfide) groups is 2. The van der Waals surface area contributed by atoms with E-state index in [0.717, 1.165) is 40.8 Å². The van der Waals surface area contributed by atoms with Gasteiger partial charge in [0, 0.05) is 18.8 Å². The van der Waals surface area contributed by atoms with Crippen molar-refractivity contribution in [3.8, 4) is 5.69 Å². The van der Waals surface area contributed by atoms with Crippen molar-refractivity contribution in [3.05, 3.63) is 60.4 Å². The third kappa shape index (κ3) is 5.57. The number of hydrogen-bond acceptors (Lipinski definition) is 8. The molecule has 1 N–H and O–H groups in total. The maximum atomic E-state index is 12.4. The molecule has 0 bridgehead atoms. The molecule has 0 saturated carbocycles. The first kappa shape index (κ1) is 22.4. The predicted octanol–water partition coefficient (Wildman–Crippen LogP) is 4.56. The van der Waals surface area contributed by atoms with Crippen LogP contribution in [0.2, 0.25) is 0 Å². The molecule has 0 spiro atoms. The molecule has 3 heterocycles. The topological polar surface area (TPSA) is 81.9 Å². The van der Waals surface area contributed by atoms with Crippen LogP contribution in [0.5, 0.6) is 0 Å². The number of ether oxygens (including phenoxy) is 1. The zero-order valence-corrected chi connectivity index (χ0v) is 20.3. The average Bonchev–Trinajstić information content (AvgIpc) is 3.60. The number of rotatable bonds is 9. The van der Waals surface area contributed by atoms with Gasteiger partial charge in [-0.05, 0) is 37.1 Å². The van der Waals surface area contributed by atoms with Gasteiger partial charge in [-0.2, -0.15) is 0 Å². The van der Waals surface area contributed by atoms with E-state index >= 15 is 0 Å². The van der Waals surface area contributed by atoms with Crippen molar-refractivity contribution in [2.75, 3.05) is 18.9 Å². The summed E-state index contributed by atoms with van der Waals surface area (Å²) in [7, 11) is 0. The fourth-order valence-electron chi connectivity index (χ4n) is 3.58. The van der Waals surface area contributed by atoms with Gasteiger partial charge in [-0.3, -0.25) is 9.36 Å². The van der Waals surface area contributed by atoms with Crippen LogP contribution in [0.25, 0.3) is 15.9 Å². The highest BCUT2D eigenvalue weighted by Gasteiger charge is 2.19. The Kier molecular flexibility index (Phi) is 7.25. The van der Waals surface area contributed by atoms with Gasteiger partial charge in [-0.25, -0.2) is 4.98 Å². The quantitative estimate of drug-likeness (QED) is 0.340. The van der Waals surface area contributed by atoms with Crippen LogP contribution in [0.4, 0.5) is 0 Å². The lowest BCUT2D eigenvalue weighted by Crippen LogP contribution is -2.32. The van der Waals surface area contributed by atoms with Gasteiger partial charge in [0.15, 0.2) is 9.50 Å². The van der Waals surface area contributed by atoms with Gasteiger partial charge < -0.3 is 10.1 Å². The molecule has 0 unspecified atom stereocenters. The van der Waals surface area contributed by atoms with E-state index in [1.54, 1.807) is 23.1 Å². The lowest BCUT2D eigenvalue weighted by atomic mass is 10.2. The molecule has 170 valence electrons. The second kappa shape index (κ2) is 10.7. The molecular weight excluding hydrogens is 474 g/mol. The standard InChI is InChI=1S/C23H23N5O2S3/c29-21(24-13-17-9-6-12-30-17)15-31-22-27-26-20(28(22)16-7-2-1-3-8-16)14-32-23-25-18-10-4-5-11-19(18)33-23/h1-5,7-8,10-11,17H,6,9,12-15H2,(H,24,29)/t17-/m0/s1. The molecule has 10 heteroatoms. The van der Waals surface area contributed by atoms with Crippen molar-refractivity contribution < 1.29 is 9.53 Å². The van der Waals surface area contributed by atoms with Crippen molar-refractivity contribution in [2.45, 2.75) is 34.2 Å². The highest BCUT2D eigenvalue weighted by Crippen LogP contribution is 2.32. The summed E-state index contributed by atoms with van der Waals surface area (Å²) in [5, 5.41) is 12.5. The van der Waals surface area contributed by atoms with E-state index in [9.17, 15) is 4.79 Å². The Morgan fingerprint density at radius 3 is 2.79 bits per heavy atom. The molecule has 0 aliphatic carbocycles. The molecule has 1 amide bonds. The van der Waals surface area contributed by atoms with E-state index in [1.165, 1.54) is 16.5 Å². The zero-order chi connectivity index (χ0) is 22.5. The van der Waals surface area contributed by atoms with Crippen molar-refractivity contribution in [1.29, 1.82) is 0 Å². The van der Waals surface area contributed by atoms with E-state index in [-0.39, 0.29) is 17.8 Å². The minimum absolute atomic E-state index is 0.0245. The number of thiazole rings is 1. The molecule has 1 atom stereocenters. The minimum atomic E-state index is -0.0245. The van der Waals surface area contributed by atoms with Gasteiger partial charge in [-0.1, -0.05) is 53.9 Å². The van der Waals surface area contributed by atoms with Crippen LogP contribution in [0.1, 0.15) is 18.7 Å². The second-order valence-corrected chi connectivity index (χ2v) is 10.7. The number of carbonyl (C=O) groups is 1. The summed E-state index contributed by atoms with van der Waals surface area (Å²) in [6.45, 7) is 1.35. The van der Waals surface area contributed by atoms with Crippen molar-refractivity contribution in [2.24, 2.45) is 0 Å². The normalized spacial score (nSPS) is 15.8. The Labute approximate surface area is 204 Å². The molecule has 1 aliphatic rings. The van der Waals surface area contributed by atoms with Crippen LogP contribution in [0.3, 0.4) is 0 Å². The lowest BCUT2D eigenvalue weighted by Gasteiger charge is -2.11. The SMILES string of the molecule is O=C(CSc1nnc(CSc2nc3ccccc3s2)n1-c1ccccc1)NC[C@@H]1CCCO1. The smallest absolute Gasteiger partial charge is 0.230 e. The summed E-state index contributed by atoms with van der Waals surface area (Å²) in [4.78, 5) is 17.1. The molecular formula is C23H23N5O2S3. The van der Waals surface area contributed by atoms with E-state index in [4.69, 9.17) is 9.72 Å². The van der Waals surface area contributed by atoms with E-state index < -0.39 is 0 Å². The third-order valence-electron chi connectivity index (χ3n) is 5.20. The molecule has 4 aromatic rings. The summed E-state index contributed by atoms with van der Waals surface area (Å²) >= 11 is 4.72. The number of benzene rings is 2. The third-order valence-corrected chi connectivity index (χ3v) is 8.30. The number of para-hydroxylation sites is 2. The Morgan fingerprint density at radius 2 is 1.97 bits per heavy atom. The summed E-state index contributed by atoms with van der Waals surface area (Å²) in [6, 6.07) is 18.2. The molecule has 5 rings (SSSR count). The molecule has 1 fully saturated rings. The number of hydrogen-bond donors (Lipinski definition) is 1. The van der Waals surface area contributed by atoms with Gasteiger partial charge in [-0.15, -0.1) is 21.5 Å². The number of nitrogens with one attached hydrogen (secondary N) is 1. The fourth-order valence-corrected chi connectivity index (χ4v) is 6.36. The Morgan fingerprint density at radius 1 is 1.12 bits per heavy atom. The second-order valence-electron chi connectivity index (χ2n) is 7.53. The van der Waals surface area contributed by atoms with Crippen LogP contribution >= 0.6 is 34.9 Å². The van der Waals surface area contributed by atoms with Gasteiger partial charge in [0.05, 0.1) is 27.8 Å². The highest BCUT2D eigenvalue weighted by atomic mass is 32.2. The Balaban J connectivity index is 1.28. The van der Waals surface area contributed by atoms with Crippen LogP contribution in [0.15, 0.2) is 64.1 Å². The monoisotopic (exact) mass is 497 g/mol. The zero-order valence-electron chi connectivity index (χ0n) is 17.8. The number of carbonyl (C=O) groups excluding carboxylic acids is 1. The average molecular weight is 498 g/mol. The predicted molar refractivity (Wildman–Crippen MR) is 133 cm³/mol. The van der Waals surface area contributed by atoms with Crippen molar-refractivity contribution in [1.82, 2.24) is 25.1 Å². The molecule has 0 radical (unpaired) electrons. The van der Waals surface area contributed by atoms with Crippen molar-refractivity contribution >= 4 is 51.0 Å². The molecule has 33 heavy (non-hydrogen) atoms. The molecule has 2 aromatic carbocycles. The molecule has 1 saturated heterocycles. The summed E-state index contributed by atoms with van der Waals surface area (Å²) in [5.41, 5.74) is 1.99.